The lowest BCUT2D eigenvalue weighted by Crippen LogP contribution is -2.37. The maximum Gasteiger partial charge on any atom is 0.261 e. The van der Waals surface area contributed by atoms with Gasteiger partial charge in [-0.25, -0.2) is 8.42 Å². The summed E-state index contributed by atoms with van der Waals surface area (Å²) in [5.41, 5.74) is 1.74. The van der Waals surface area contributed by atoms with E-state index in [2.05, 4.69) is 15.4 Å². The zero-order valence-corrected chi connectivity index (χ0v) is 16.6. The van der Waals surface area contributed by atoms with Gasteiger partial charge in [-0.2, -0.15) is 0 Å². The molecule has 0 aromatic heterocycles. The van der Waals surface area contributed by atoms with Crippen molar-refractivity contribution < 1.29 is 13.2 Å². The van der Waals surface area contributed by atoms with Gasteiger partial charge in [-0.1, -0.05) is 18.2 Å². The van der Waals surface area contributed by atoms with Crippen molar-refractivity contribution in [2.24, 2.45) is 0 Å². The zero-order valence-electron chi connectivity index (χ0n) is 14.9. The average molecular weight is 398 g/mol. The van der Waals surface area contributed by atoms with Crippen LogP contribution in [0.15, 0.2) is 53.4 Å². The Labute approximate surface area is 160 Å². The number of halogens is 1. The number of amides is 1. The molecule has 2 aromatic rings. The topological polar surface area (TPSA) is 87.3 Å². The van der Waals surface area contributed by atoms with E-state index in [9.17, 15) is 13.2 Å². The van der Waals surface area contributed by atoms with Crippen molar-refractivity contribution in [2.45, 2.75) is 24.8 Å². The number of sulfonamides is 1. The Morgan fingerprint density at radius 3 is 2.46 bits per heavy atom. The second kappa shape index (κ2) is 9.56. The number of aryl methyl sites for hydroxylation is 1. The number of carbonyl (C=O) groups is 1. The van der Waals surface area contributed by atoms with Gasteiger partial charge < -0.3 is 10.6 Å². The highest BCUT2D eigenvalue weighted by atomic mass is 35.5. The van der Waals surface area contributed by atoms with E-state index in [1.807, 2.05) is 19.9 Å². The third-order valence-corrected chi connectivity index (χ3v) is 5.12. The summed E-state index contributed by atoms with van der Waals surface area (Å²) >= 11 is 0. The van der Waals surface area contributed by atoms with E-state index in [4.69, 9.17) is 0 Å². The number of nitrogens with one attached hydrogen (secondary N) is 3. The predicted molar refractivity (Wildman–Crippen MR) is 107 cm³/mol. The normalized spacial score (nSPS) is 12.0. The second-order valence-electron chi connectivity index (χ2n) is 5.90. The molecular weight excluding hydrogens is 374 g/mol. The van der Waals surface area contributed by atoms with Crippen LogP contribution in [0.4, 0.5) is 5.69 Å². The van der Waals surface area contributed by atoms with E-state index >= 15 is 0 Å². The van der Waals surface area contributed by atoms with Crippen molar-refractivity contribution in [3.63, 3.8) is 0 Å². The maximum absolute atomic E-state index is 12.5. The smallest absolute Gasteiger partial charge is 0.261 e. The van der Waals surface area contributed by atoms with Crippen LogP contribution in [0.2, 0.25) is 0 Å². The summed E-state index contributed by atoms with van der Waals surface area (Å²) in [4.78, 5) is 12.2. The summed E-state index contributed by atoms with van der Waals surface area (Å²) in [6.07, 6.45) is 0. The van der Waals surface area contributed by atoms with E-state index in [0.29, 0.717) is 17.8 Å². The molecule has 0 aliphatic rings. The predicted octanol–water partition coefficient (Wildman–Crippen LogP) is 2.56. The van der Waals surface area contributed by atoms with Crippen LogP contribution < -0.4 is 15.4 Å². The highest BCUT2D eigenvalue weighted by Gasteiger charge is 2.16. The fourth-order valence-corrected chi connectivity index (χ4v) is 3.27. The number of hydrogen-bond acceptors (Lipinski definition) is 4. The molecule has 2 aromatic carbocycles. The van der Waals surface area contributed by atoms with Crippen LogP contribution in [-0.4, -0.2) is 34.0 Å². The molecule has 0 saturated carbocycles. The summed E-state index contributed by atoms with van der Waals surface area (Å²) < 4.78 is 27.6. The Kier molecular flexibility index (Phi) is 8.08. The van der Waals surface area contributed by atoms with Gasteiger partial charge in [0.05, 0.1) is 4.90 Å². The minimum Gasteiger partial charge on any atom is -0.350 e. The van der Waals surface area contributed by atoms with Gasteiger partial charge in [-0.05, 0) is 56.8 Å². The van der Waals surface area contributed by atoms with E-state index < -0.39 is 10.0 Å². The lowest BCUT2D eigenvalue weighted by Gasteiger charge is -2.12. The van der Waals surface area contributed by atoms with Crippen LogP contribution in [0, 0.1) is 6.92 Å². The Balaban J connectivity index is 0.00000338. The summed E-state index contributed by atoms with van der Waals surface area (Å²) in [7, 11) is -1.96. The molecule has 0 aliphatic carbocycles. The van der Waals surface area contributed by atoms with Crippen molar-refractivity contribution in [1.29, 1.82) is 0 Å². The molecule has 0 fully saturated rings. The first-order chi connectivity index (χ1) is 11.8. The van der Waals surface area contributed by atoms with Crippen molar-refractivity contribution in [2.75, 3.05) is 18.3 Å². The van der Waals surface area contributed by atoms with Gasteiger partial charge in [0, 0.05) is 23.8 Å². The summed E-state index contributed by atoms with van der Waals surface area (Å²) in [6.45, 7) is 4.27. The van der Waals surface area contributed by atoms with Crippen LogP contribution in [0.25, 0.3) is 0 Å². The standard InChI is InChI=1S/C18H23N3O3S.ClH/c1-13-6-4-8-16(10-13)21-25(23,24)17-9-5-7-15(11-17)18(22)20-12-14(2)19-3;/h4-11,14,19,21H,12H2,1-3H3,(H,20,22);1H. The molecular formula is C18H24ClN3O3S. The molecule has 26 heavy (non-hydrogen) atoms. The molecule has 0 saturated heterocycles. The molecule has 3 N–H and O–H groups in total. The molecule has 1 unspecified atom stereocenters. The minimum absolute atomic E-state index is 0. The van der Waals surface area contributed by atoms with Crippen molar-refractivity contribution in [1.82, 2.24) is 10.6 Å². The fourth-order valence-electron chi connectivity index (χ4n) is 2.18. The first kappa shape index (κ1) is 22.0. The van der Waals surface area contributed by atoms with Crippen LogP contribution in [0.5, 0.6) is 0 Å². The Bertz CT molecular complexity index is 856. The largest absolute Gasteiger partial charge is 0.350 e. The first-order valence-corrected chi connectivity index (χ1v) is 9.45. The Hall–Kier alpha value is -2.09. The number of benzene rings is 2. The van der Waals surface area contributed by atoms with Crippen LogP contribution in [0.1, 0.15) is 22.8 Å². The van der Waals surface area contributed by atoms with Crippen molar-refractivity contribution in [3.8, 4) is 0 Å². The van der Waals surface area contributed by atoms with E-state index in [1.165, 1.54) is 12.1 Å². The summed E-state index contributed by atoms with van der Waals surface area (Å²) in [5.74, 6) is -0.310. The molecule has 1 amide bonds. The summed E-state index contributed by atoms with van der Waals surface area (Å²) in [5, 5.41) is 5.79. The molecule has 0 radical (unpaired) electrons. The van der Waals surface area contributed by atoms with Gasteiger partial charge in [0.25, 0.3) is 15.9 Å². The van der Waals surface area contributed by atoms with Gasteiger partial charge in [0.15, 0.2) is 0 Å². The minimum atomic E-state index is -3.76. The average Bonchev–Trinajstić information content (AvgIpc) is 2.59. The van der Waals surface area contributed by atoms with Gasteiger partial charge in [-0.3, -0.25) is 9.52 Å². The van der Waals surface area contributed by atoms with Crippen LogP contribution >= 0.6 is 12.4 Å². The fraction of sp³-hybridized carbons (Fsp3) is 0.278. The van der Waals surface area contributed by atoms with Gasteiger partial charge in [0.2, 0.25) is 0 Å². The van der Waals surface area contributed by atoms with Crippen LogP contribution in [-0.2, 0) is 10.0 Å². The van der Waals surface area contributed by atoms with Crippen molar-refractivity contribution >= 4 is 34.0 Å². The lowest BCUT2D eigenvalue weighted by atomic mass is 10.2. The van der Waals surface area contributed by atoms with E-state index in [0.717, 1.165) is 5.56 Å². The number of anilines is 1. The molecule has 0 bridgehead atoms. The van der Waals surface area contributed by atoms with Crippen molar-refractivity contribution in [3.05, 3.63) is 59.7 Å². The summed E-state index contributed by atoms with van der Waals surface area (Å²) in [6, 6.07) is 13.2. The molecule has 6 nitrogen and oxygen atoms in total. The van der Waals surface area contributed by atoms with E-state index in [1.54, 1.807) is 37.4 Å². The van der Waals surface area contributed by atoms with Gasteiger partial charge in [-0.15, -0.1) is 12.4 Å². The molecule has 0 aliphatic heterocycles. The third kappa shape index (κ3) is 6.01. The monoisotopic (exact) mass is 397 g/mol. The van der Waals surface area contributed by atoms with E-state index in [-0.39, 0.29) is 29.3 Å². The third-order valence-electron chi connectivity index (χ3n) is 3.74. The zero-order chi connectivity index (χ0) is 18.4. The second-order valence-corrected chi connectivity index (χ2v) is 7.58. The SMILES string of the molecule is CNC(C)CNC(=O)c1cccc(S(=O)(=O)Nc2cccc(C)c2)c1.Cl. The molecule has 8 heteroatoms. The Morgan fingerprint density at radius 2 is 1.81 bits per heavy atom. The highest BCUT2D eigenvalue weighted by molar-refractivity contribution is 7.92. The maximum atomic E-state index is 12.5. The molecule has 0 spiro atoms. The number of rotatable bonds is 7. The Morgan fingerprint density at radius 1 is 1.12 bits per heavy atom. The lowest BCUT2D eigenvalue weighted by molar-refractivity contribution is 0.0950. The molecule has 0 heterocycles. The number of carbonyl (C=O) groups excluding carboxylic acids is 1. The van der Waals surface area contributed by atoms with Gasteiger partial charge >= 0.3 is 0 Å². The first-order valence-electron chi connectivity index (χ1n) is 7.97. The van der Waals surface area contributed by atoms with Gasteiger partial charge in [0.1, 0.15) is 0 Å². The van der Waals surface area contributed by atoms with Crippen LogP contribution in [0.3, 0.4) is 0 Å². The number of hydrogen-bond donors (Lipinski definition) is 3. The quantitative estimate of drug-likeness (QED) is 0.670. The molecule has 142 valence electrons. The molecule has 2 rings (SSSR count). The molecule has 1 atom stereocenters. The highest BCUT2D eigenvalue weighted by Crippen LogP contribution is 2.18. The number of likely N-dealkylation sites (N-methyl/N-ethyl adjacent to an activating group) is 1.